The van der Waals surface area contributed by atoms with Gasteiger partial charge in [-0.3, -0.25) is 4.79 Å². The van der Waals surface area contributed by atoms with Gasteiger partial charge in [0.1, 0.15) is 0 Å². The summed E-state index contributed by atoms with van der Waals surface area (Å²) in [6.45, 7) is 7.84. The zero-order chi connectivity index (χ0) is 18.4. The Kier molecular flexibility index (Phi) is 3.68. The van der Waals surface area contributed by atoms with Crippen LogP contribution in [0.5, 0.6) is 0 Å². The Hall–Kier alpha value is -3.29. The number of carbonyl (C=O) groups is 1. The Bertz CT molecular complexity index is 1140. The van der Waals surface area contributed by atoms with Crippen LogP contribution in [0.15, 0.2) is 30.7 Å². The van der Waals surface area contributed by atoms with Gasteiger partial charge >= 0.3 is 0 Å². The zero-order valence-electron chi connectivity index (χ0n) is 15.1. The quantitative estimate of drug-likeness (QED) is 0.614. The second-order valence-corrected chi connectivity index (χ2v) is 6.59. The molecular weight excluding hydrogens is 330 g/mol. The van der Waals surface area contributed by atoms with Gasteiger partial charge in [0.15, 0.2) is 11.3 Å². The van der Waals surface area contributed by atoms with E-state index in [1.807, 2.05) is 44.5 Å². The molecule has 1 amide bonds. The summed E-state index contributed by atoms with van der Waals surface area (Å²) in [5.74, 6) is -0.248. The molecule has 0 radical (unpaired) electrons. The Morgan fingerprint density at radius 2 is 1.92 bits per heavy atom. The molecule has 4 rings (SSSR count). The summed E-state index contributed by atoms with van der Waals surface area (Å²) in [5.41, 5.74) is 4.20. The minimum Gasteiger partial charge on any atom is -0.320 e. The first-order chi connectivity index (χ1) is 12.4. The zero-order valence-corrected chi connectivity index (χ0v) is 15.1. The van der Waals surface area contributed by atoms with Crippen LogP contribution in [0.4, 0.5) is 5.69 Å². The lowest BCUT2D eigenvalue weighted by atomic mass is 10.2. The molecular formula is C18H19N7O. The molecule has 0 aliphatic heterocycles. The molecule has 4 heterocycles. The fraction of sp³-hybridized carbons (Fsp3) is 0.278. The SMILES string of the molecule is Cc1cc2ncc(C(=O)Nc3cnc4c(cnn4C(C)C)c3)c(C)n2n1. The van der Waals surface area contributed by atoms with Crippen molar-refractivity contribution in [1.29, 1.82) is 0 Å². The summed E-state index contributed by atoms with van der Waals surface area (Å²) in [7, 11) is 0. The van der Waals surface area contributed by atoms with E-state index in [1.54, 1.807) is 23.1 Å². The number of rotatable bonds is 3. The summed E-state index contributed by atoms with van der Waals surface area (Å²) >= 11 is 0. The molecule has 132 valence electrons. The highest BCUT2D eigenvalue weighted by molar-refractivity contribution is 6.05. The third kappa shape index (κ3) is 2.59. The lowest BCUT2D eigenvalue weighted by molar-refractivity contribution is 0.102. The van der Waals surface area contributed by atoms with E-state index in [0.717, 1.165) is 28.1 Å². The second-order valence-electron chi connectivity index (χ2n) is 6.59. The Labute approximate surface area is 149 Å². The first-order valence-corrected chi connectivity index (χ1v) is 8.40. The van der Waals surface area contributed by atoms with Crippen molar-refractivity contribution >= 4 is 28.3 Å². The van der Waals surface area contributed by atoms with Gasteiger partial charge in [-0.05, 0) is 33.8 Å². The fourth-order valence-electron chi connectivity index (χ4n) is 2.97. The smallest absolute Gasteiger partial charge is 0.259 e. The van der Waals surface area contributed by atoms with Gasteiger partial charge < -0.3 is 5.32 Å². The summed E-state index contributed by atoms with van der Waals surface area (Å²) < 4.78 is 3.53. The number of aryl methyl sites for hydroxylation is 2. The number of amides is 1. The molecule has 0 aromatic carbocycles. The van der Waals surface area contributed by atoms with Crippen molar-refractivity contribution in [2.24, 2.45) is 0 Å². The molecule has 1 N–H and O–H groups in total. The monoisotopic (exact) mass is 349 g/mol. The van der Waals surface area contributed by atoms with E-state index >= 15 is 0 Å². The molecule has 0 bridgehead atoms. The molecule has 0 aliphatic rings. The Morgan fingerprint density at radius 1 is 1.12 bits per heavy atom. The van der Waals surface area contributed by atoms with E-state index in [4.69, 9.17) is 0 Å². The Balaban J connectivity index is 1.66. The van der Waals surface area contributed by atoms with E-state index in [1.165, 1.54) is 0 Å². The number of anilines is 1. The lowest BCUT2D eigenvalue weighted by Crippen LogP contribution is -2.16. The summed E-state index contributed by atoms with van der Waals surface area (Å²) in [6.07, 6.45) is 4.97. The standard InChI is InChI=1S/C18H19N7O/c1-10(2)24-17-13(7-21-24)6-14(8-20-17)22-18(26)15-9-19-16-5-11(3)23-25(16)12(15)4/h5-10H,1-4H3,(H,22,26). The minimum absolute atomic E-state index is 0.221. The molecule has 0 fully saturated rings. The first kappa shape index (κ1) is 16.2. The molecule has 0 unspecified atom stereocenters. The number of aromatic nitrogens is 6. The maximum atomic E-state index is 12.7. The van der Waals surface area contributed by atoms with Crippen LogP contribution in [0, 0.1) is 13.8 Å². The molecule has 0 atom stereocenters. The minimum atomic E-state index is -0.248. The average Bonchev–Trinajstić information content (AvgIpc) is 3.18. The molecule has 0 aliphatic carbocycles. The van der Waals surface area contributed by atoms with Crippen molar-refractivity contribution in [3.05, 3.63) is 47.7 Å². The number of pyridine rings is 1. The van der Waals surface area contributed by atoms with Crippen LogP contribution in [0.25, 0.3) is 16.7 Å². The van der Waals surface area contributed by atoms with Crippen molar-refractivity contribution in [1.82, 2.24) is 29.4 Å². The predicted octanol–water partition coefficient (Wildman–Crippen LogP) is 2.92. The molecule has 0 saturated heterocycles. The molecule has 26 heavy (non-hydrogen) atoms. The third-order valence-electron chi connectivity index (χ3n) is 4.27. The number of carbonyl (C=O) groups excluding carboxylic acids is 1. The lowest BCUT2D eigenvalue weighted by Gasteiger charge is -2.09. The highest BCUT2D eigenvalue weighted by atomic mass is 16.1. The topological polar surface area (TPSA) is 90.0 Å². The van der Waals surface area contributed by atoms with Gasteiger partial charge in [-0.25, -0.2) is 19.2 Å². The van der Waals surface area contributed by atoms with Crippen molar-refractivity contribution in [3.63, 3.8) is 0 Å². The highest BCUT2D eigenvalue weighted by Gasteiger charge is 2.15. The van der Waals surface area contributed by atoms with E-state index in [9.17, 15) is 4.79 Å². The average molecular weight is 349 g/mol. The van der Waals surface area contributed by atoms with Crippen LogP contribution in [-0.4, -0.2) is 35.3 Å². The second kappa shape index (κ2) is 5.91. The van der Waals surface area contributed by atoms with Crippen LogP contribution in [0.1, 0.15) is 41.6 Å². The number of nitrogens with one attached hydrogen (secondary N) is 1. The summed E-state index contributed by atoms with van der Waals surface area (Å²) in [5, 5.41) is 12.5. The van der Waals surface area contributed by atoms with E-state index in [2.05, 4.69) is 25.5 Å². The number of hydrogen-bond acceptors (Lipinski definition) is 5. The molecule has 0 saturated carbocycles. The van der Waals surface area contributed by atoms with Gasteiger partial charge in [0.25, 0.3) is 5.91 Å². The van der Waals surface area contributed by atoms with Gasteiger partial charge in [-0.2, -0.15) is 10.2 Å². The Morgan fingerprint density at radius 3 is 2.69 bits per heavy atom. The van der Waals surface area contributed by atoms with Crippen LogP contribution >= 0.6 is 0 Å². The van der Waals surface area contributed by atoms with Gasteiger partial charge in [0.2, 0.25) is 0 Å². The molecule has 8 heteroatoms. The van der Waals surface area contributed by atoms with Crippen LogP contribution < -0.4 is 5.32 Å². The first-order valence-electron chi connectivity index (χ1n) is 8.40. The molecule has 4 aromatic rings. The van der Waals surface area contributed by atoms with Crippen LogP contribution in [0.2, 0.25) is 0 Å². The van der Waals surface area contributed by atoms with Crippen molar-refractivity contribution in [2.75, 3.05) is 5.32 Å². The molecule has 8 nitrogen and oxygen atoms in total. The van der Waals surface area contributed by atoms with Crippen LogP contribution in [0.3, 0.4) is 0 Å². The fourth-order valence-corrected chi connectivity index (χ4v) is 2.97. The predicted molar refractivity (Wildman–Crippen MR) is 98.3 cm³/mol. The van der Waals surface area contributed by atoms with Gasteiger partial charge in [0, 0.05) is 23.7 Å². The largest absolute Gasteiger partial charge is 0.320 e. The summed E-state index contributed by atoms with van der Waals surface area (Å²) in [6, 6.07) is 3.96. The summed E-state index contributed by atoms with van der Waals surface area (Å²) in [4.78, 5) is 21.4. The maximum absolute atomic E-state index is 12.7. The highest BCUT2D eigenvalue weighted by Crippen LogP contribution is 2.20. The molecule has 4 aromatic heterocycles. The van der Waals surface area contributed by atoms with Crippen LogP contribution in [-0.2, 0) is 0 Å². The normalized spacial score (nSPS) is 11.6. The maximum Gasteiger partial charge on any atom is 0.259 e. The third-order valence-corrected chi connectivity index (χ3v) is 4.27. The number of hydrogen-bond donors (Lipinski definition) is 1. The van der Waals surface area contributed by atoms with Crippen molar-refractivity contribution in [3.8, 4) is 0 Å². The number of nitrogens with zero attached hydrogens (tertiary/aromatic N) is 6. The van der Waals surface area contributed by atoms with E-state index in [-0.39, 0.29) is 11.9 Å². The van der Waals surface area contributed by atoms with Crippen molar-refractivity contribution in [2.45, 2.75) is 33.7 Å². The van der Waals surface area contributed by atoms with Gasteiger partial charge in [0.05, 0.1) is 35.0 Å². The molecule has 0 spiro atoms. The van der Waals surface area contributed by atoms with Crippen molar-refractivity contribution < 1.29 is 4.79 Å². The van der Waals surface area contributed by atoms with Gasteiger partial charge in [-0.15, -0.1) is 0 Å². The number of fused-ring (bicyclic) bond motifs is 2. The van der Waals surface area contributed by atoms with E-state index < -0.39 is 0 Å². The van der Waals surface area contributed by atoms with E-state index in [0.29, 0.717) is 11.3 Å². The van der Waals surface area contributed by atoms with Gasteiger partial charge in [-0.1, -0.05) is 0 Å².